The fraction of sp³-hybridized carbons (Fsp3) is 0.939. The van der Waals surface area contributed by atoms with Crippen molar-refractivity contribution < 1.29 is 0 Å². The third-order valence-corrected chi connectivity index (χ3v) is 8.07. The third-order valence-electron chi connectivity index (χ3n) is 8.07. The molecule has 208 valence electrons. The monoisotopic (exact) mass is 491 g/mol. The standard InChI is InChI=1S/C33H66N2/c1-4-7-10-12-14-16-18-20-22-24-27-30-35-32-31-34(33(35)28-25-9-6-3)29-26-23-21-19-17-15-13-11-8-5-2/h31-33H,4-30H2,1-3H3. The molecule has 0 fully saturated rings. The average molecular weight is 491 g/mol. The Morgan fingerprint density at radius 3 is 1.00 bits per heavy atom. The SMILES string of the molecule is CCCCCCCCCCCCCN1C=CN(CCCCCCCCCCCC)C1CCCCC. The molecular weight excluding hydrogens is 424 g/mol. The molecule has 0 aromatic rings. The molecule has 2 nitrogen and oxygen atoms in total. The first kappa shape index (κ1) is 32.4. The van der Waals surface area contributed by atoms with E-state index in [4.69, 9.17) is 0 Å². The number of nitrogens with zero attached hydrogens (tertiary/aromatic N) is 2. The van der Waals surface area contributed by atoms with Gasteiger partial charge >= 0.3 is 0 Å². The lowest BCUT2D eigenvalue weighted by molar-refractivity contribution is 0.135. The third kappa shape index (κ3) is 18.3. The Morgan fingerprint density at radius 2 is 0.657 bits per heavy atom. The Kier molecular flexibility index (Phi) is 23.1. The van der Waals surface area contributed by atoms with Crippen LogP contribution in [0.5, 0.6) is 0 Å². The predicted molar refractivity (Wildman–Crippen MR) is 159 cm³/mol. The van der Waals surface area contributed by atoms with Crippen molar-refractivity contribution in [1.29, 1.82) is 0 Å². The summed E-state index contributed by atoms with van der Waals surface area (Å²) in [7, 11) is 0. The van der Waals surface area contributed by atoms with Crippen LogP contribution >= 0.6 is 0 Å². The quantitative estimate of drug-likeness (QED) is 0.106. The number of hydrogen-bond donors (Lipinski definition) is 0. The fourth-order valence-corrected chi connectivity index (χ4v) is 5.66. The first-order valence-corrected chi connectivity index (χ1v) is 16.5. The van der Waals surface area contributed by atoms with Gasteiger partial charge in [-0.05, 0) is 25.7 Å². The van der Waals surface area contributed by atoms with Crippen LogP contribution in [0.1, 0.15) is 181 Å². The van der Waals surface area contributed by atoms with E-state index in [1.54, 1.807) is 0 Å². The van der Waals surface area contributed by atoms with E-state index >= 15 is 0 Å². The van der Waals surface area contributed by atoms with Crippen LogP contribution in [0.25, 0.3) is 0 Å². The molecule has 1 unspecified atom stereocenters. The lowest BCUT2D eigenvalue weighted by atomic mass is 10.1. The summed E-state index contributed by atoms with van der Waals surface area (Å²) < 4.78 is 0. The second-order valence-electron chi connectivity index (χ2n) is 11.5. The molecule has 0 saturated carbocycles. The van der Waals surface area contributed by atoms with Gasteiger partial charge in [-0.25, -0.2) is 0 Å². The van der Waals surface area contributed by atoms with E-state index in [9.17, 15) is 0 Å². The molecule has 0 radical (unpaired) electrons. The normalized spacial score (nSPS) is 15.6. The maximum absolute atomic E-state index is 2.68. The Morgan fingerprint density at radius 1 is 0.371 bits per heavy atom. The highest BCUT2D eigenvalue weighted by Crippen LogP contribution is 2.23. The summed E-state index contributed by atoms with van der Waals surface area (Å²) in [4.78, 5) is 5.36. The summed E-state index contributed by atoms with van der Waals surface area (Å²) in [5.41, 5.74) is 0. The molecular formula is C33H66N2. The van der Waals surface area contributed by atoms with Crippen LogP contribution in [-0.4, -0.2) is 29.1 Å². The summed E-state index contributed by atoms with van der Waals surface area (Å²) in [6.45, 7) is 9.47. The van der Waals surface area contributed by atoms with E-state index in [1.165, 1.54) is 174 Å². The number of unbranched alkanes of at least 4 members (excludes halogenated alkanes) is 21. The van der Waals surface area contributed by atoms with E-state index in [0.717, 1.165) is 0 Å². The molecule has 0 spiro atoms. The van der Waals surface area contributed by atoms with Crippen molar-refractivity contribution in [1.82, 2.24) is 9.80 Å². The molecule has 0 amide bonds. The Bertz CT molecular complexity index is 446. The highest BCUT2D eigenvalue weighted by molar-refractivity contribution is 4.97. The van der Waals surface area contributed by atoms with E-state index in [-0.39, 0.29) is 0 Å². The van der Waals surface area contributed by atoms with E-state index in [1.807, 2.05) is 0 Å². The molecule has 0 aromatic heterocycles. The number of rotatable bonds is 27. The molecule has 1 heterocycles. The predicted octanol–water partition coefficient (Wildman–Crippen LogP) is 11.2. The van der Waals surface area contributed by atoms with Crippen molar-refractivity contribution in [2.24, 2.45) is 0 Å². The van der Waals surface area contributed by atoms with E-state index in [0.29, 0.717) is 6.17 Å². The smallest absolute Gasteiger partial charge is 0.101 e. The molecule has 0 bridgehead atoms. The van der Waals surface area contributed by atoms with Gasteiger partial charge in [0, 0.05) is 25.5 Å². The maximum atomic E-state index is 2.68. The topological polar surface area (TPSA) is 6.48 Å². The molecule has 1 aliphatic heterocycles. The molecule has 0 saturated heterocycles. The van der Waals surface area contributed by atoms with E-state index < -0.39 is 0 Å². The first-order chi connectivity index (χ1) is 17.3. The van der Waals surface area contributed by atoms with Crippen molar-refractivity contribution >= 4 is 0 Å². The van der Waals surface area contributed by atoms with Crippen LogP contribution < -0.4 is 0 Å². The molecule has 35 heavy (non-hydrogen) atoms. The van der Waals surface area contributed by atoms with Crippen molar-refractivity contribution in [3.8, 4) is 0 Å². The van der Waals surface area contributed by atoms with Crippen molar-refractivity contribution in [2.45, 2.75) is 187 Å². The molecule has 0 aliphatic carbocycles. The van der Waals surface area contributed by atoms with Gasteiger partial charge in [0.2, 0.25) is 0 Å². The Hall–Kier alpha value is -0.660. The van der Waals surface area contributed by atoms with Crippen LogP contribution in [0.4, 0.5) is 0 Å². The van der Waals surface area contributed by atoms with Gasteiger partial charge in [0.25, 0.3) is 0 Å². The number of hydrogen-bond acceptors (Lipinski definition) is 2. The van der Waals surface area contributed by atoms with Crippen LogP contribution in [-0.2, 0) is 0 Å². The highest BCUT2D eigenvalue weighted by Gasteiger charge is 2.24. The van der Waals surface area contributed by atoms with Gasteiger partial charge in [0.1, 0.15) is 6.17 Å². The van der Waals surface area contributed by atoms with Crippen molar-refractivity contribution in [2.75, 3.05) is 13.1 Å². The molecule has 1 aliphatic rings. The molecule has 2 heteroatoms. The fourth-order valence-electron chi connectivity index (χ4n) is 5.66. The average Bonchev–Trinajstić information content (AvgIpc) is 3.25. The van der Waals surface area contributed by atoms with Gasteiger partial charge in [-0.1, -0.05) is 156 Å². The Labute approximate surface area is 222 Å². The second kappa shape index (κ2) is 25.0. The largest absolute Gasteiger partial charge is 0.356 e. The summed E-state index contributed by atoms with van der Waals surface area (Å²) >= 11 is 0. The minimum Gasteiger partial charge on any atom is -0.356 e. The van der Waals surface area contributed by atoms with Crippen LogP contribution in [0, 0.1) is 0 Å². The van der Waals surface area contributed by atoms with Crippen LogP contribution in [0.15, 0.2) is 12.4 Å². The van der Waals surface area contributed by atoms with Gasteiger partial charge in [0.05, 0.1) is 0 Å². The molecule has 0 N–H and O–H groups in total. The summed E-state index contributed by atoms with van der Waals surface area (Å²) in [5, 5.41) is 0. The maximum Gasteiger partial charge on any atom is 0.101 e. The van der Waals surface area contributed by atoms with Gasteiger partial charge in [-0.2, -0.15) is 0 Å². The minimum absolute atomic E-state index is 0.642. The molecule has 1 atom stereocenters. The van der Waals surface area contributed by atoms with E-state index in [2.05, 4.69) is 43.0 Å². The first-order valence-electron chi connectivity index (χ1n) is 16.5. The molecule has 1 rings (SSSR count). The molecule has 0 aromatic carbocycles. The minimum atomic E-state index is 0.642. The van der Waals surface area contributed by atoms with Gasteiger partial charge in [-0.15, -0.1) is 0 Å². The zero-order valence-corrected chi connectivity index (χ0v) is 24.7. The second-order valence-corrected chi connectivity index (χ2v) is 11.5. The van der Waals surface area contributed by atoms with Crippen LogP contribution in [0.3, 0.4) is 0 Å². The Balaban J connectivity index is 2.12. The highest BCUT2D eigenvalue weighted by atomic mass is 15.4. The summed E-state index contributed by atoms with van der Waals surface area (Å²) in [6, 6.07) is 0. The van der Waals surface area contributed by atoms with Crippen molar-refractivity contribution in [3.05, 3.63) is 12.4 Å². The van der Waals surface area contributed by atoms with Crippen molar-refractivity contribution in [3.63, 3.8) is 0 Å². The zero-order chi connectivity index (χ0) is 25.2. The van der Waals surface area contributed by atoms with Gasteiger partial charge in [0.15, 0.2) is 0 Å². The lowest BCUT2D eigenvalue weighted by Gasteiger charge is -2.33. The summed E-state index contributed by atoms with van der Waals surface area (Å²) in [5.74, 6) is 0. The van der Waals surface area contributed by atoms with Gasteiger partial charge in [-0.3, -0.25) is 0 Å². The summed E-state index contributed by atoms with van der Waals surface area (Å²) in [6.07, 6.45) is 41.0. The zero-order valence-electron chi connectivity index (χ0n) is 24.7. The van der Waals surface area contributed by atoms with Gasteiger partial charge < -0.3 is 9.80 Å². The van der Waals surface area contributed by atoms with Crippen LogP contribution in [0.2, 0.25) is 0 Å². The lowest BCUT2D eigenvalue weighted by Crippen LogP contribution is -2.39.